The number of nitrogens with two attached hydrogens (primary N) is 1. The Hall–Kier alpha value is -1.69. The van der Waals surface area contributed by atoms with Gasteiger partial charge in [0.1, 0.15) is 11.5 Å². The van der Waals surface area contributed by atoms with Gasteiger partial charge < -0.3 is 16.0 Å². The first-order chi connectivity index (χ1) is 8.19. The molecule has 17 heavy (non-hydrogen) atoms. The molecule has 0 atom stereocenters. The highest BCUT2D eigenvalue weighted by molar-refractivity contribution is 5.90. The molecule has 3 N–H and O–H groups in total. The fourth-order valence-corrected chi connectivity index (χ4v) is 2.51. The number of primary amides is 1. The molecule has 6 nitrogen and oxygen atoms in total. The summed E-state index contributed by atoms with van der Waals surface area (Å²) in [6.07, 6.45) is 4.27. The maximum absolute atomic E-state index is 10.9. The number of rotatable bonds is 2. The Bertz CT molecular complexity index is 440. The van der Waals surface area contributed by atoms with Crippen LogP contribution in [0.5, 0.6) is 0 Å². The van der Waals surface area contributed by atoms with E-state index < -0.39 is 5.91 Å². The lowest BCUT2D eigenvalue weighted by molar-refractivity contribution is 0.0995. The topological polar surface area (TPSA) is 84.1 Å². The highest BCUT2D eigenvalue weighted by Gasteiger charge is 2.43. The van der Waals surface area contributed by atoms with Crippen LogP contribution in [0.3, 0.4) is 0 Å². The summed E-state index contributed by atoms with van der Waals surface area (Å²) >= 11 is 0. The maximum Gasteiger partial charge on any atom is 0.268 e. The largest absolute Gasteiger partial charge is 0.364 e. The first kappa shape index (κ1) is 10.5. The molecular weight excluding hydrogens is 218 g/mol. The van der Waals surface area contributed by atoms with Gasteiger partial charge in [-0.25, -0.2) is 9.97 Å². The third-order valence-corrected chi connectivity index (χ3v) is 3.65. The quantitative estimate of drug-likeness (QED) is 0.711. The van der Waals surface area contributed by atoms with Crippen LogP contribution in [0.1, 0.15) is 16.9 Å². The van der Waals surface area contributed by atoms with Crippen molar-refractivity contribution in [2.24, 2.45) is 11.1 Å². The zero-order valence-corrected chi connectivity index (χ0v) is 9.52. The zero-order valence-electron chi connectivity index (χ0n) is 9.52. The van der Waals surface area contributed by atoms with Crippen molar-refractivity contribution in [1.29, 1.82) is 0 Å². The predicted molar refractivity (Wildman–Crippen MR) is 62.7 cm³/mol. The molecule has 2 fully saturated rings. The summed E-state index contributed by atoms with van der Waals surface area (Å²) < 4.78 is 0. The number of hydrogen-bond donors (Lipinski definition) is 2. The van der Waals surface area contributed by atoms with Gasteiger partial charge in [-0.2, -0.15) is 0 Å². The Morgan fingerprint density at radius 2 is 2.24 bits per heavy atom. The lowest BCUT2D eigenvalue weighted by Crippen LogP contribution is -2.54. The van der Waals surface area contributed by atoms with Gasteiger partial charge in [-0.05, 0) is 6.42 Å². The normalized spacial score (nSPS) is 21.5. The third kappa shape index (κ3) is 1.74. The highest BCUT2D eigenvalue weighted by Crippen LogP contribution is 2.35. The predicted octanol–water partition coefficient (Wildman–Crippen LogP) is -0.625. The number of nitrogens with one attached hydrogen (secondary N) is 1. The van der Waals surface area contributed by atoms with Gasteiger partial charge in [-0.3, -0.25) is 4.79 Å². The second-order valence-electron chi connectivity index (χ2n) is 4.90. The van der Waals surface area contributed by atoms with Crippen LogP contribution in [0.4, 0.5) is 5.82 Å². The first-order valence-electron chi connectivity index (χ1n) is 5.76. The minimum atomic E-state index is -0.537. The molecular formula is C11H15N5O. The van der Waals surface area contributed by atoms with E-state index in [2.05, 4.69) is 20.2 Å². The Balaban J connectivity index is 1.74. The molecule has 1 spiro atoms. The van der Waals surface area contributed by atoms with Gasteiger partial charge in [-0.1, -0.05) is 0 Å². The summed E-state index contributed by atoms with van der Waals surface area (Å²) in [6, 6.07) is 0. The van der Waals surface area contributed by atoms with Crippen molar-refractivity contribution in [3.05, 3.63) is 18.1 Å². The maximum atomic E-state index is 10.9. The Morgan fingerprint density at radius 3 is 2.71 bits per heavy atom. The number of aromatic nitrogens is 2. The average Bonchev–Trinajstić information content (AvgIpc) is 2.74. The fourth-order valence-electron chi connectivity index (χ4n) is 2.51. The van der Waals surface area contributed by atoms with E-state index in [1.165, 1.54) is 12.6 Å². The van der Waals surface area contributed by atoms with Crippen LogP contribution < -0.4 is 16.0 Å². The van der Waals surface area contributed by atoms with Crippen LogP contribution in [-0.2, 0) is 0 Å². The summed E-state index contributed by atoms with van der Waals surface area (Å²) in [6.45, 7) is 4.21. The smallest absolute Gasteiger partial charge is 0.268 e. The number of anilines is 1. The van der Waals surface area contributed by atoms with Crippen molar-refractivity contribution in [1.82, 2.24) is 15.3 Å². The summed E-state index contributed by atoms with van der Waals surface area (Å²) in [4.78, 5) is 21.4. The van der Waals surface area contributed by atoms with Crippen LogP contribution in [-0.4, -0.2) is 42.1 Å². The second kappa shape index (κ2) is 3.66. The molecule has 0 bridgehead atoms. The van der Waals surface area contributed by atoms with E-state index in [1.54, 1.807) is 6.20 Å². The van der Waals surface area contributed by atoms with Crippen molar-refractivity contribution in [2.75, 3.05) is 31.1 Å². The Labute approximate surface area is 99.2 Å². The van der Waals surface area contributed by atoms with Gasteiger partial charge in [0.15, 0.2) is 0 Å². The molecule has 0 radical (unpaired) electrons. The number of nitrogens with zero attached hydrogens (tertiary/aromatic N) is 3. The number of carbonyl (C=O) groups excluding carboxylic acids is 1. The van der Waals surface area contributed by atoms with E-state index in [4.69, 9.17) is 5.73 Å². The molecule has 1 aromatic heterocycles. The summed E-state index contributed by atoms with van der Waals surface area (Å²) in [5, 5.41) is 3.32. The van der Waals surface area contributed by atoms with Crippen LogP contribution in [0.25, 0.3) is 0 Å². The molecule has 6 heteroatoms. The minimum Gasteiger partial charge on any atom is -0.364 e. The molecule has 2 saturated heterocycles. The molecule has 0 aromatic carbocycles. The highest BCUT2D eigenvalue weighted by atomic mass is 16.1. The zero-order chi connectivity index (χ0) is 11.9. The van der Waals surface area contributed by atoms with Crippen molar-refractivity contribution < 1.29 is 4.79 Å². The van der Waals surface area contributed by atoms with Gasteiger partial charge in [-0.15, -0.1) is 0 Å². The van der Waals surface area contributed by atoms with Crippen LogP contribution >= 0.6 is 0 Å². The lowest BCUT2D eigenvalue weighted by Gasteiger charge is -2.39. The van der Waals surface area contributed by atoms with E-state index >= 15 is 0 Å². The van der Waals surface area contributed by atoms with Gasteiger partial charge in [0.25, 0.3) is 5.91 Å². The van der Waals surface area contributed by atoms with Crippen molar-refractivity contribution in [2.45, 2.75) is 6.42 Å². The van der Waals surface area contributed by atoms with Crippen molar-refractivity contribution in [3.8, 4) is 0 Å². The number of amides is 1. The fraction of sp³-hybridized carbons (Fsp3) is 0.545. The third-order valence-electron chi connectivity index (χ3n) is 3.65. The molecule has 0 aliphatic carbocycles. The van der Waals surface area contributed by atoms with Crippen LogP contribution in [0.2, 0.25) is 0 Å². The molecule has 2 aliphatic heterocycles. The minimum absolute atomic E-state index is 0.216. The summed E-state index contributed by atoms with van der Waals surface area (Å²) in [7, 11) is 0. The van der Waals surface area contributed by atoms with E-state index in [0.29, 0.717) is 5.41 Å². The van der Waals surface area contributed by atoms with Gasteiger partial charge in [0.2, 0.25) is 0 Å². The average molecular weight is 233 g/mol. The van der Waals surface area contributed by atoms with Crippen molar-refractivity contribution >= 4 is 11.7 Å². The lowest BCUT2D eigenvalue weighted by atomic mass is 9.81. The molecule has 1 amide bonds. The van der Waals surface area contributed by atoms with E-state index in [9.17, 15) is 4.79 Å². The summed E-state index contributed by atoms with van der Waals surface area (Å²) in [5.74, 6) is 0.295. The van der Waals surface area contributed by atoms with Gasteiger partial charge in [0.05, 0.1) is 12.4 Å². The molecule has 0 saturated carbocycles. The monoisotopic (exact) mass is 233 g/mol. The van der Waals surface area contributed by atoms with E-state index in [1.807, 2.05) is 0 Å². The molecule has 90 valence electrons. The van der Waals surface area contributed by atoms with Crippen molar-refractivity contribution in [3.63, 3.8) is 0 Å². The van der Waals surface area contributed by atoms with Gasteiger partial charge in [0, 0.05) is 31.6 Å². The summed E-state index contributed by atoms with van der Waals surface area (Å²) in [5.41, 5.74) is 5.78. The second-order valence-corrected chi connectivity index (χ2v) is 4.90. The van der Waals surface area contributed by atoms with Crippen LogP contribution in [0.15, 0.2) is 12.4 Å². The number of carbonyl (C=O) groups is 1. The Morgan fingerprint density at radius 1 is 1.41 bits per heavy atom. The van der Waals surface area contributed by atoms with Crippen LogP contribution in [0, 0.1) is 5.41 Å². The van der Waals surface area contributed by atoms with Gasteiger partial charge >= 0.3 is 0 Å². The first-order valence-corrected chi connectivity index (χ1v) is 5.76. The number of hydrogen-bond acceptors (Lipinski definition) is 5. The molecule has 1 aromatic rings. The molecule has 3 heterocycles. The molecule has 0 unspecified atom stereocenters. The SMILES string of the molecule is NC(=O)c1cnc(N2CCC3(CNC3)C2)cn1. The van der Waals surface area contributed by atoms with E-state index in [0.717, 1.165) is 32.0 Å². The standard InChI is InChI=1S/C11H15N5O/c12-10(17)8-3-15-9(4-14-8)16-2-1-11(7-16)5-13-6-11/h3-4,13H,1-2,5-7H2,(H2,12,17). The molecule has 3 rings (SSSR count). The Kier molecular flexibility index (Phi) is 2.25. The van der Waals surface area contributed by atoms with E-state index in [-0.39, 0.29) is 5.69 Å². The molecule has 2 aliphatic rings.